The molecule has 4 heteroatoms. The molecule has 0 aromatic carbocycles. The lowest BCUT2D eigenvalue weighted by Crippen LogP contribution is -2.29. The molecule has 0 bridgehead atoms. The van der Waals surface area contributed by atoms with Gasteiger partial charge < -0.3 is 9.84 Å². The topological polar surface area (TPSA) is 46.5 Å². The average Bonchev–Trinajstić information content (AvgIpc) is 2.03. The Morgan fingerprint density at radius 3 is 2.38 bits per heavy atom. The normalized spacial score (nSPS) is 17.8. The first-order valence-corrected chi connectivity index (χ1v) is 5.59. The van der Waals surface area contributed by atoms with Gasteiger partial charge in [-0.1, -0.05) is 6.92 Å². The molecule has 1 N–H and O–H groups in total. The summed E-state index contributed by atoms with van der Waals surface area (Å²) in [5.41, 5.74) is 0. The lowest BCUT2D eigenvalue weighted by molar-refractivity contribution is -0.138. The van der Waals surface area contributed by atoms with E-state index in [-0.39, 0.29) is 23.7 Å². The van der Waals surface area contributed by atoms with Crippen LogP contribution in [-0.4, -0.2) is 35.8 Å². The fourth-order valence-corrected chi connectivity index (χ4v) is 2.47. The molecule has 3 nitrogen and oxygen atoms in total. The fourth-order valence-electron chi connectivity index (χ4n) is 1.41. The van der Waals surface area contributed by atoms with Crippen LogP contribution in [0.2, 0.25) is 0 Å². The molecule has 0 saturated heterocycles. The van der Waals surface area contributed by atoms with Crippen LogP contribution in [0.15, 0.2) is 0 Å². The van der Waals surface area contributed by atoms with Gasteiger partial charge in [0, 0.05) is 18.8 Å². The van der Waals surface area contributed by atoms with Gasteiger partial charge in [0.05, 0.1) is 6.10 Å². The maximum Gasteiger partial charge on any atom is 0.303 e. The molecule has 0 aromatic heterocycles. The van der Waals surface area contributed by atoms with Gasteiger partial charge in [-0.15, -0.1) is 0 Å². The molecular weight excluding hydrogens is 188 g/mol. The Morgan fingerprint density at radius 1 is 1.54 bits per heavy atom. The van der Waals surface area contributed by atoms with Crippen molar-refractivity contribution >= 4 is 17.7 Å². The van der Waals surface area contributed by atoms with Crippen LogP contribution in [0.5, 0.6) is 0 Å². The first kappa shape index (κ1) is 12.8. The van der Waals surface area contributed by atoms with Gasteiger partial charge in [0.25, 0.3) is 0 Å². The standard InChI is InChI=1S/C9H18O3S/c1-6(5-8(10)11)9(13-4)7(2)12-3/h6-7,9H,5H2,1-4H3,(H,10,11). The van der Waals surface area contributed by atoms with Crippen molar-refractivity contribution in [2.75, 3.05) is 13.4 Å². The molecule has 0 aliphatic heterocycles. The van der Waals surface area contributed by atoms with E-state index in [4.69, 9.17) is 9.84 Å². The predicted octanol–water partition coefficient (Wildman–Crippen LogP) is 1.86. The molecule has 0 aliphatic rings. The first-order valence-electron chi connectivity index (χ1n) is 4.30. The maximum atomic E-state index is 10.5. The molecule has 0 spiro atoms. The highest BCUT2D eigenvalue weighted by atomic mass is 32.2. The number of aliphatic carboxylic acids is 1. The Bertz CT molecular complexity index is 161. The van der Waals surface area contributed by atoms with Gasteiger partial charge in [0.1, 0.15) is 0 Å². The summed E-state index contributed by atoms with van der Waals surface area (Å²) in [7, 11) is 1.65. The fraction of sp³-hybridized carbons (Fsp3) is 0.889. The number of rotatable bonds is 6. The van der Waals surface area contributed by atoms with Crippen LogP contribution in [-0.2, 0) is 9.53 Å². The molecule has 0 fully saturated rings. The lowest BCUT2D eigenvalue weighted by Gasteiger charge is -2.25. The molecule has 78 valence electrons. The van der Waals surface area contributed by atoms with Crippen molar-refractivity contribution in [3.8, 4) is 0 Å². The smallest absolute Gasteiger partial charge is 0.303 e. The lowest BCUT2D eigenvalue weighted by atomic mass is 10.0. The minimum atomic E-state index is -0.741. The van der Waals surface area contributed by atoms with Crippen LogP contribution in [0.4, 0.5) is 0 Å². The molecule has 0 rings (SSSR count). The minimum absolute atomic E-state index is 0.101. The maximum absolute atomic E-state index is 10.5. The number of methoxy groups -OCH3 is 1. The Balaban J connectivity index is 4.13. The summed E-state index contributed by atoms with van der Waals surface area (Å²) in [6.45, 7) is 3.92. The van der Waals surface area contributed by atoms with Gasteiger partial charge in [-0.25, -0.2) is 0 Å². The highest BCUT2D eigenvalue weighted by Gasteiger charge is 2.24. The van der Waals surface area contributed by atoms with Crippen LogP contribution in [0.25, 0.3) is 0 Å². The molecule has 0 radical (unpaired) electrons. The monoisotopic (exact) mass is 206 g/mol. The van der Waals surface area contributed by atoms with E-state index in [1.807, 2.05) is 20.1 Å². The quantitative estimate of drug-likeness (QED) is 0.720. The molecule has 13 heavy (non-hydrogen) atoms. The summed E-state index contributed by atoms with van der Waals surface area (Å²) in [5.74, 6) is -0.600. The van der Waals surface area contributed by atoms with E-state index in [1.54, 1.807) is 18.9 Å². The van der Waals surface area contributed by atoms with E-state index >= 15 is 0 Å². The number of carboxylic acid groups (broad SMARTS) is 1. The summed E-state index contributed by atoms with van der Waals surface area (Å²) in [5, 5.41) is 8.88. The molecule has 0 amide bonds. The summed E-state index contributed by atoms with van der Waals surface area (Å²) >= 11 is 1.66. The Hall–Kier alpha value is -0.220. The van der Waals surface area contributed by atoms with Gasteiger partial charge in [0.15, 0.2) is 0 Å². The van der Waals surface area contributed by atoms with E-state index in [2.05, 4.69) is 0 Å². The Kier molecular flexibility index (Phi) is 6.16. The van der Waals surface area contributed by atoms with Gasteiger partial charge in [-0.2, -0.15) is 11.8 Å². The first-order chi connectivity index (χ1) is 6.02. The number of thioether (sulfide) groups is 1. The van der Waals surface area contributed by atoms with Crippen LogP contribution in [0.1, 0.15) is 20.3 Å². The minimum Gasteiger partial charge on any atom is -0.481 e. The Morgan fingerprint density at radius 2 is 2.08 bits per heavy atom. The average molecular weight is 206 g/mol. The van der Waals surface area contributed by atoms with Crippen molar-refractivity contribution in [2.24, 2.45) is 5.92 Å². The third-order valence-corrected chi connectivity index (χ3v) is 3.56. The highest BCUT2D eigenvalue weighted by molar-refractivity contribution is 7.99. The molecule has 0 saturated carbocycles. The van der Waals surface area contributed by atoms with Crippen LogP contribution in [0.3, 0.4) is 0 Å². The van der Waals surface area contributed by atoms with Crippen molar-refractivity contribution < 1.29 is 14.6 Å². The van der Waals surface area contributed by atoms with Crippen molar-refractivity contribution in [1.82, 2.24) is 0 Å². The zero-order valence-corrected chi connectivity index (χ0v) is 9.43. The van der Waals surface area contributed by atoms with Crippen molar-refractivity contribution in [2.45, 2.75) is 31.6 Å². The van der Waals surface area contributed by atoms with E-state index < -0.39 is 5.97 Å². The summed E-state index contributed by atoms with van der Waals surface area (Å²) in [4.78, 5) is 10.5. The van der Waals surface area contributed by atoms with E-state index in [0.29, 0.717) is 0 Å². The van der Waals surface area contributed by atoms with Gasteiger partial charge in [0.2, 0.25) is 0 Å². The third kappa shape index (κ3) is 4.52. The highest BCUT2D eigenvalue weighted by Crippen LogP contribution is 2.24. The molecule has 0 heterocycles. The SMILES string of the molecule is COC(C)C(SC)C(C)CC(=O)O. The van der Waals surface area contributed by atoms with Crippen molar-refractivity contribution in [3.05, 3.63) is 0 Å². The number of hydrogen-bond acceptors (Lipinski definition) is 3. The summed E-state index contributed by atoms with van der Waals surface area (Å²) in [6.07, 6.45) is 2.29. The van der Waals surface area contributed by atoms with Crippen molar-refractivity contribution in [1.29, 1.82) is 0 Å². The summed E-state index contributed by atoms with van der Waals surface area (Å²) < 4.78 is 5.19. The molecule has 0 aliphatic carbocycles. The zero-order valence-electron chi connectivity index (χ0n) is 8.61. The second-order valence-electron chi connectivity index (χ2n) is 3.22. The predicted molar refractivity (Wildman–Crippen MR) is 55.2 cm³/mol. The number of carbonyl (C=O) groups is 1. The van der Waals surface area contributed by atoms with Gasteiger partial charge in [-0.3, -0.25) is 4.79 Å². The van der Waals surface area contributed by atoms with E-state index in [0.717, 1.165) is 0 Å². The van der Waals surface area contributed by atoms with Gasteiger partial charge in [-0.05, 0) is 19.1 Å². The molecule has 3 atom stereocenters. The third-order valence-electron chi connectivity index (χ3n) is 2.16. The van der Waals surface area contributed by atoms with Crippen LogP contribution < -0.4 is 0 Å². The van der Waals surface area contributed by atoms with Crippen LogP contribution in [0, 0.1) is 5.92 Å². The summed E-state index contributed by atoms with van der Waals surface area (Å²) in [6, 6.07) is 0. The van der Waals surface area contributed by atoms with E-state index in [9.17, 15) is 4.79 Å². The molecule has 3 unspecified atom stereocenters. The second kappa shape index (κ2) is 6.27. The number of ether oxygens (including phenoxy) is 1. The largest absolute Gasteiger partial charge is 0.481 e. The molecule has 0 aromatic rings. The number of carboxylic acids is 1. The van der Waals surface area contributed by atoms with Crippen molar-refractivity contribution in [3.63, 3.8) is 0 Å². The zero-order chi connectivity index (χ0) is 10.4. The number of hydrogen-bond donors (Lipinski definition) is 1. The molecular formula is C9H18O3S. The van der Waals surface area contributed by atoms with Crippen LogP contribution >= 0.6 is 11.8 Å². The second-order valence-corrected chi connectivity index (χ2v) is 4.23. The Labute approximate surface area is 83.9 Å². The van der Waals surface area contributed by atoms with Gasteiger partial charge >= 0.3 is 5.97 Å². The van der Waals surface area contributed by atoms with E-state index in [1.165, 1.54) is 0 Å².